The summed E-state index contributed by atoms with van der Waals surface area (Å²) in [6, 6.07) is 17.7. The normalized spacial score (nSPS) is 16.5. The number of quaternary nitrogens is 1. The molecule has 0 unspecified atom stereocenters. The molecule has 0 aliphatic carbocycles. The van der Waals surface area contributed by atoms with Gasteiger partial charge in [-0.05, 0) is 49.1 Å². The molecule has 1 fully saturated rings. The molecule has 0 amide bonds. The molecule has 1 aliphatic rings. The highest BCUT2D eigenvalue weighted by molar-refractivity contribution is 6.01. The fourth-order valence-electron chi connectivity index (χ4n) is 3.55. The van der Waals surface area contributed by atoms with E-state index >= 15 is 0 Å². The van der Waals surface area contributed by atoms with Crippen molar-refractivity contribution in [1.29, 1.82) is 0 Å². The Kier molecular flexibility index (Phi) is 5.65. The monoisotopic (exact) mass is 324 g/mol. The van der Waals surface area contributed by atoms with Crippen LogP contribution in [0.5, 0.6) is 5.75 Å². The Hall–Kier alpha value is -2.13. The zero-order valence-electron chi connectivity index (χ0n) is 14.3. The average molecular weight is 324 g/mol. The van der Waals surface area contributed by atoms with E-state index < -0.39 is 0 Å². The summed E-state index contributed by atoms with van der Waals surface area (Å²) in [5.74, 6) is 0.916. The maximum absolute atomic E-state index is 13.2. The van der Waals surface area contributed by atoms with Crippen LogP contribution in [-0.4, -0.2) is 32.5 Å². The minimum Gasteiger partial charge on any atom is -0.497 e. The van der Waals surface area contributed by atoms with Gasteiger partial charge in [0.25, 0.3) is 0 Å². The van der Waals surface area contributed by atoms with Gasteiger partial charge in [-0.15, -0.1) is 0 Å². The van der Waals surface area contributed by atoms with Crippen molar-refractivity contribution in [2.75, 3.05) is 26.7 Å². The number of piperidine rings is 1. The molecule has 3 nitrogen and oxygen atoms in total. The molecule has 24 heavy (non-hydrogen) atoms. The van der Waals surface area contributed by atoms with Gasteiger partial charge in [-0.2, -0.15) is 0 Å². The highest BCUT2D eigenvalue weighted by Gasteiger charge is 2.27. The van der Waals surface area contributed by atoms with E-state index in [0.29, 0.717) is 0 Å². The number of benzene rings is 2. The molecule has 1 heterocycles. The number of nitrogens with one attached hydrogen (secondary N) is 1. The van der Waals surface area contributed by atoms with Crippen LogP contribution in [0.1, 0.15) is 41.1 Å². The van der Waals surface area contributed by atoms with Crippen LogP contribution in [0.2, 0.25) is 0 Å². The Labute approximate surface area is 144 Å². The summed E-state index contributed by atoms with van der Waals surface area (Å²) in [4.78, 5) is 14.7. The number of carbonyl (C=O) groups is 1. The van der Waals surface area contributed by atoms with Crippen molar-refractivity contribution in [3.63, 3.8) is 0 Å². The lowest BCUT2D eigenvalue weighted by Crippen LogP contribution is -3.13. The maximum atomic E-state index is 13.2. The highest BCUT2D eigenvalue weighted by Crippen LogP contribution is 2.21. The molecule has 126 valence electrons. The average Bonchev–Trinajstić information content (AvgIpc) is 2.67. The first-order chi connectivity index (χ1) is 11.8. The SMILES string of the molecule is COc1ccc(C(=O)[C@H](C[NH+]2CCCCC2)c2ccccc2)cc1. The number of ether oxygens (including phenoxy) is 1. The first-order valence-electron chi connectivity index (χ1n) is 8.84. The van der Waals surface area contributed by atoms with Crippen LogP contribution in [0.25, 0.3) is 0 Å². The van der Waals surface area contributed by atoms with E-state index in [1.165, 1.54) is 32.4 Å². The molecule has 0 saturated carbocycles. The summed E-state index contributed by atoms with van der Waals surface area (Å²) in [5, 5.41) is 0. The second kappa shape index (κ2) is 8.11. The quantitative estimate of drug-likeness (QED) is 0.828. The first-order valence-corrected chi connectivity index (χ1v) is 8.84. The lowest BCUT2D eigenvalue weighted by atomic mass is 9.89. The number of hydrogen-bond acceptors (Lipinski definition) is 2. The summed E-state index contributed by atoms with van der Waals surface area (Å²) in [5.41, 5.74) is 1.89. The lowest BCUT2D eigenvalue weighted by molar-refractivity contribution is -0.905. The number of ketones is 1. The van der Waals surface area contributed by atoms with Crippen LogP contribution in [0, 0.1) is 0 Å². The van der Waals surface area contributed by atoms with Crippen molar-refractivity contribution in [2.45, 2.75) is 25.2 Å². The van der Waals surface area contributed by atoms with E-state index in [9.17, 15) is 4.79 Å². The van der Waals surface area contributed by atoms with Crippen LogP contribution >= 0.6 is 0 Å². The van der Waals surface area contributed by atoms with E-state index in [1.54, 1.807) is 12.0 Å². The first kappa shape index (κ1) is 16.7. The number of likely N-dealkylation sites (tertiary alicyclic amines) is 1. The van der Waals surface area contributed by atoms with Gasteiger partial charge in [0, 0.05) is 5.56 Å². The predicted molar refractivity (Wildman–Crippen MR) is 95.9 cm³/mol. The van der Waals surface area contributed by atoms with Gasteiger partial charge in [0.2, 0.25) is 0 Å². The summed E-state index contributed by atoms with van der Waals surface area (Å²) in [6.45, 7) is 3.24. The van der Waals surface area contributed by atoms with Gasteiger partial charge in [0.05, 0.1) is 32.7 Å². The fourth-order valence-corrected chi connectivity index (χ4v) is 3.55. The minimum absolute atomic E-state index is 0.0762. The molecule has 2 aromatic rings. The zero-order chi connectivity index (χ0) is 16.8. The molecule has 0 aromatic heterocycles. The van der Waals surface area contributed by atoms with Gasteiger partial charge >= 0.3 is 0 Å². The van der Waals surface area contributed by atoms with Crippen molar-refractivity contribution in [2.24, 2.45) is 0 Å². The third-order valence-corrected chi connectivity index (χ3v) is 4.95. The standard InChI is InChI=1S/C21H25NO2/c1-24-19-12-10-18(11-13-19)21(23)20(17-8-4-2-5-9-17)16-22-14-6-3-7-15-22/h2,4-5,8-13,20H,3,6-7,14-16H2,1H3/p+1/t20-/m1/s1. The zero-order valence-corrected chi connectivity index (χ0v) is 14.3. The van der Waals surface area contributed by atoms with Crippen molar-refractivity contribution >= 4 is 5.78 Å². The van der Waals surface area contributed by atoms with Crippen LogP contribution in [-0.2, 0) is 0 Å². The van der Waals surface area contributed by atoms with E-state index in [0.717, 1.165) is 23.4 Å². The van der Waals surface area contributed by atoms with Crippen molar-refractivity contribution in [1.82, 2.24) is 0 Å². The van der Waals surface area contributed by atoms with Crippen molar-refractivity contribution in [3.05, 3.63) is 65.7 Å². The Morgan fingerprint density at radius 2 is 1.67 bits per heavy atom. The van der Waals surface area contributed by atoms with Crippen LogP contribution < -0.4 is 9.64 Å². The molecular formula is C21H26NO2+. The van der Waals surface area contributed by atoms with E-state index in [-0.39, 0.29) is 11.7 Å². The predicted octanol–water partition coefficient (Wildman–Crippen LogP) is 2.73. The third kappa shape index (κ3) is 4.04. The molecule has 0 spiro atoms. The van der Waals surface area contributed by atoms with Crippen LogP contribution in [0.4, 0.5) is 0 Å². The molecule has 2 aromatic carbocycles. The molecule has 3 heteroatoms. The number of methoxy groups -OCH3 is 1. The Bertz CT molecular complexity index is 645. The molecular weight excluding hydrogens is 298 g/mol. The highest BCUT2D eigenvalue weighted by atomic mass is 16.5. The van der Waals surface area contributed by atoms with Gasteiger partial charge in [0.15, 0.2) is 5.78 Å². The number of rotatable bonds is 6. The maximum Gasteiger partial charge on any atom is 0.175 e. The van der Waals surface area contributed by atoms with E-state index in [4.69, 9.17) is 4.74 Å². The second-order valence-corrected chi connectivity index (χ2v) is 6.57. The van der Waals surface area contributed by atoms with Crippen molar-refractivity contribution < 1.29 is 14.4 Å². The van der Waals surface area contributed by atoms with Crippen LogP contribution in [0.15, 0.2) is 54.6 Å². The lowest BCUT2D eigenvalue weighted by Gasteiger charge is -2.27. The van der Waals surface area contributed by atoms with Crippen LogP contribution in [0.3, 0.4) is 0 Å². The number of Topliss-reactive ketones (excluding diaryl/α,β-unsaturated/α-hetero) is 1. The number of hydrogen-bond donors (Lipinski definition) is 1. The molecule has 1 N–H and O–H groups in total. The Morgan fingerprint density at radius 3 is 2.29 bits per heavy atom. The molecule has 0 bridgehead atoms. The van der Waals surface area contributed by atoms with Gasteiger partial charge in [-0.3, -0.25) is 4.79 Å². The second-order valence-electron chi connectivity index (χ2n) is 6.57. The van der Waals surface area contributed by atoms with Gasteiger partial charge < -0.3 is 9.64 Å². The van der Waals surface area contributed by atoms with Gasteiger partial charge in [0.1, 0.15) is 5.75 Å². The van der Waals surface area contributed by atoms with Gasteiger partial charge in [-0.25, -0.2) is 0 Å². The number of carbonyl (C=O) groups excluding carboxylic acids is 1. The summed E-state index contributed by atoms with van der Waals surface area (Å²) >= 11 is 0. The fraction of sp³-hybridized carbons (Fsp3) is 0.381. The molecule has 1 atom stereocenters. The Morgan fingerprint density at radius 1 is 1.00 bits per heavy atom. The summed E-state index contributed by atoms with van der Waals surface area (Å²) < 4.78 is 5.20. The third-order valence-electron chi connectivity index (χ3n) is 4.95. The molecule has 0 radical (unpaired) electrons. The molecule has 1 saturated heterocycles. The topological polar surface area (TPSA) is 30.7 Å². The molecule has 3 rings (SSSR count). The van der Waals surface area contributed by atoms with Gasteiger partial charge in [-0.1, -0.05) is 30.3 Å². The van der Waals surface area contributed by atoms with E-state index in [2.05, 4.69) is 12.1 Å². The summed E-state index contributed by atoms with van der Waals surface area (Å²) in [7, 11) is 1.64. The minimum atomic E-state index is -0.0762. The molecule has 1 aliphatic heterocycles. The largest absolute Gasteiger partial charge is 0.497 e. The van der Waals surface area contributed by atoms with E-state index in [1.807, 2.05) is 42.5 Å². The summed E-state index contributed by atoms with van der Waals surface area (Å²) in [6.07, 6.45) is 3.87. The smallest absolute Gasteiger partial charge is 0.175 e. The van der Waals surface area contributed by atoms with Crippen molar-refractivity contribution in [3.8, 4) is 5.75 Å². The Balaban J connectivity index is 1.83.